The first-order valence-corrected chi connectivity index (χ1v) is 8.97. The molecule has 0 aromatic heterocycles. The summed E-state index contributed by atoms with van der Waals surface area (Å²) in [6.45, 7) is 0.251. The van der Waals surface area contributed by atoms with Gasteiger partial charge in [-0.25, -0.2) is 0 Å². The Labute approximate surface area is 162 Å². The van der Waals surface area contributed by atoms with Crippen molar-refractivity contribution in [1.29, 1.82) is 0 Å². The molecule has 0 saturated carbocycles. The predicted octanol–water partition coefficient (Wildman–Crippen LogP) is 1.75. The van der Waals surface area contributed by atoms with Crippen molar-refractivity contribution < 1.29 is 24.2 Å². The fraction of sp³-hybridized carbons (Fsp3) is 0.286. The number of methoxy groups -OCH3 is 1. The molecule has 0 radical (unpaired) electrons. The van der Waals surface area contributed by atoms with E-state index in [1.54, 1.807) is 24.3 Å². The van der Waals surface area contributed by atoms with Gasteiger partial charge in [-0.1, -0.05) is 36.4 Å². The minimum Gasteiger partial charge on any atom is -0.497 e. The molecule has 2 aromatic rings. The van der Waals surface area contributed by atoms with Crippen LogP contribution in [0.25, 0.3) is 0 Å². The zero-order valence-electron chi connectivity index (χ0n) is 15.5. The zero-order valence-corrected chi connectivity index (χ0v) is 15.5. The van der Waals surface area contributed by atoms with E-state index in [1.165, 1.54) is 12.0 Å². The van der Waals surface area contributed by atoms with E-state index in [0.717, 1.165) is 5.56 Å². The van der Waals surface area contributed by atoms with Crippen molar-refractivity contribution >= 4 is 17.8 Å². The van der Waals surface area contributed by atoms with E-state index in [4.69, 9.17) is 4.74 Å². The summed E-state index contributed by atoms with van der Waals surface area (Å²) in [5.41, 5.74) is 1.28. The molecule has 2 atom stereocenters. The summed E-state index contributed by atoms with van der Waals surface area (Å²) in [4.78, 5) is 37.9. The summed E-state index contributed by atoms with van der Waals surface area (Å²) >= 11 is 0. The number of likely N-dealkylation sites (tertiary alicyclic amines) is 1. The molecule has 0 aliphatic carbocycles. The fourth-order valence-corrected chi connectivity index (χ4v) is 3.43. The molecule has 1 aliphatic heterocycles. The Morgan fingerprint density at radius 2 is 1.86 bits per heavy atom. The van der Waals surface area contributed by atoms with Crippen LogP contribution in [0.5, 0.6) is 5.75 Å². The lowest BCUT2D eigenvalue weighted by Gasteiger charge is -2.17. The molecule has 0 bridgehead atoms. The number of carbonyl (C=O) groups excluding carboxylic acids is 2. The van der Waals surface area contributed by atoms with Gasteiger partial charge >= 0.3 is 5.97 Å². The topological polar surface area (TPSA) is 95.9 Å². The third-order valence-corrected chi connectivity index (χ3v) is 4.95. The second-order valence-electron chi connectivity index (χ2n) is 6.68. The maximum atomic E-state index is 12.5. The number of aliphatic carboxylic acids is 1. The van der Waals surface area contributed by atoms with Gasteiger partial charge in [-0.15, -0.1) is 0 Å². The lowest BCUT2D eigenvalue weighted by Crippen LogP contribution is -2.39. The second-order valence-corrected chi connectivity index (χ2v) is 6.68. The number of rotatable bonds is 6. The summed E-state index contributed by atoms with van der Waals surface area (Å²) in [7, 11) is 1.51. The molecule has 2 amide bonds. The number of amides is 2. The Morgan fingerprint density at radius 1 is 1.11 bits per heavy atom. The quantitative estimate of drug-likeness (QED) is 0.794. The highest BCUT2D eigenvalue weighted by molar-refractivity contribution is 5.96. The Hall–Kier alpha value is -3.35. The van der Waals surface area contributed by atoms with Crippen LogP contribution in [-0.2, 0) is 9.59 Å². The molecule has 3 rings (SSSR count). The molecule has 1 heterocycles. The maximum absolute atomic E-state index is 12.5. The summed E-state index contributed by atoms with van der Waals surface area (Å²) in [5, 5.41) is 12.1. The minimum absolute atomic E-state index is 0.128. The molecule has 1 saturated heterocycles. The molecule has 2 aromatic carbocycles. The van der Waals surface area contributed by atoms with Gasteiger partial charge in [0.15, 0.2) is 0 Å². The van der Waals surface area contributed by atoms with E-state index in [9.17, 15) is 19.5 Å². The van der Waals surface area contributed by atoms with Crippen LogP contribution in [0.3, 0.4) is 0 Å². The van der Waals surface area contributed by atoms with Gasteiger partial charge < -0.3 is 20.1 Å². The number of hydrogen-bond acceptors (Lipinski definition) is 4. The Kier molecular flexibility index (Phi) is 5.93. The van der Waals surface area contributed by atoms with Crippen molar-refractivity contribution in [2.45, 2.75) is 5.92 Å². The molecule has 2 N–H and O–H groups in total. The first-order chi connectivity index (χ1) is 13.5. The van der Waals surface area contributed by atoms with Gasteiger partial charge in [-0.2, -0.15) is 0 Å². The zero-order chi connectivity index (χ0) is 20.1. The van der Waals surface area contributed by atoms with E-state index < -0.39 is 11.9 Å². The first-order valence-electron chi connectivity index (χ1n) is 8.97. The molecular weight excluding hydrogens is 360 g/mol. The molecule has 2 unspecified atom stereocenters. The molecule has 1 fully saturated rings. The van der Waals surface area contributed by atoms with E-state index in [2.05, 4.69) is 5.32 Å². The van der Waals surface area contributed by atoms with Crippen LogP contribution >= 0.6 is 0 Å². The van der Waals surface area contributed by atoms with Gasteiger partial charge in [0, 0.05) is 24.6 Å². The molecule has 1 aliphatic rings. The standard InChI is InChI=1S/C21H22N2O5/c1-28-16-9-5-8-15(10-16)20(25)22-11-19(24)23-12-17(18(13-23)21(26)27)14-6-3-2-4-7-14/h2-10,17-18H,11-13H2,1H3,(H,22,25)(H,26,27). The Morgan fingerprint density at radius 3 is 2.54 bits per heavy atom. The molecule has 0 spiro atoms. The monoisotopic (exact) mass is 382 g/mol. The smallest absolute Gasteiger partial charge is 0.308 e. The van der Waals surface area contributed by atoms with Crippen molar-refractivity contribution in [3.8, 4) is 5.75 Å². The molecule has 146 valence electrons. The van der Waals surface area contributed by atoms with E-state index in [0.29, 0.717) is 17.9 Å². The largest absolute Gasteiger partial charge is 0.497 e. The number of nitrogens with zero attached hydrogens (tertiary/aromatic N) is 1. The van der Waals surface area contributed by atoms with E-state index in [1.807, 2.05) is 30.3 Å². The lowest BCUT2D eigenvalue weighted by atomic mass is 9.89. The first kappa shape index (κ1) is 19.4. The number of nitrogens with one attached hydrogen (secondary N) is 1. The fourth-order valence-electron chi connectivity index (χ4n) is 3.43. The molecular formula is C21H22N2O5. The number of carboxylic acid groups (broad SMARTS) is 1. The normalized spacial score (nSPS) is 18.5. The summed E-state index contributed by atoms with van der Waals surface area (Å²) in [5.74, 6) is -2.00. The maximum Gasteiger partial charge on any atom is 0.308 e. The molecule has 7 nitrogen and oxygen atoms in total. The SMILES string of the molecule is COc1cccc(C(=O)NCC(=O)N2CC(C(=O)O)C(c3ccccc3)C2)c1. The van der Waals surface area contributed by atoms with Crippen LogP contribution in [-0.4, -0.2) is 54.5 Å². The van der Waals surface area contributed by atoms with Gasteiger partial charge in [0.25, 0.3) is 5.91 Å². The van der Waals surface area contributed by atoms with Gasteiger partial charge in [-0.3, -0.25) is 14.4 Å². The summed E-state index contributed by atoms with van der Waals surface area (Å²) in [6, 6.07) is 16.0. The van der Waals surface area contributed by atoms with Crippen LogP contribution in [0, 0.1) is 5.92 Å². The molecule has 28 heavy (non-hydrogen) atoms. The summed E-state index contributed by atoms with van der Waals surface area (Å²) < 4.78 is 5.09. The van der Waals surface area contributed by atoms with Crippen molar-refractivity contribution in [1.82, 2.24) is 10.2 Å². The average Bonchev–Trinajstić information content (AvgIpc) is 3.18. The number of hydrogen-bond donors (Lipinski definition) is 2. The van der Waals surface area contributed by atoms with Crippen LogP contribution in [0.2, 0.25) is 0 Å². The lowest BCUT2D eigenvalue weighted by molar-refractivity contribution is -0.141. The highest BCUT2D eigenvalue weighted by atomic mass is 16.5. The van der Waals surface area contributed by atoms with Crippen LogP contribution in [0.1, 0.15) is 21.8 Å². The summed E-state index contributed by atoms with van der Waals surface area (Å²) in [6.07, 6.45) is 0. The van der Waals surface area contributed by atoms with Gasteiger partial charge in [0.05, 0.1) is 19.6 Å². The third kappa shape index (κ3) is 4.31. The second kappa shape index (κ2) is 8.56. The van der Waals surface area contributed by atoms with Crippen molar-refractivity contribution in [2.24, 2.45) is 5.92 Å². The number of benzene rings is 2. The number of carboxylic acids is 1. The van der Waals surface area contributed by atoms with Crippen LogP contribution in [0.15, 0.2) is 54.6 Å². The average molecular weight is 382 g/mol. The number of carbonyl (C=O) groups is 3. The van der Waals surface area contributed by atoms with E-state index in [-0.39, 0.29) is 30.8 Å². The Balaban J connectivity index is 1.62. The van der Waals surface area contributed by atoms with Crippen molar-refractivity contribution in [3.05, 3.63) is 65.7 Å². The van der Waals surface area contributed by atoms with Crippen LogP contribution < -0.4 is 10.1 Å². The van der Waals surface area contributed by atoms with Gasteiger partial charge in [0.1, 0.15) is 5.75 Å². The van der Waals surface area contributed by atoms with Crippen LogP contribution in [0.4, 0.5) is 0 Å². The minimum atomic E-state index is -0.926. The van der Waals surface area contributed by atoms with E-state index >= 15 is 0 Å². The van der Waals surface area contributed by atoms with Gasteiger partial charge in [-0.05, 0) is 23.8 Å². The predicted molar refractivity (Wildman–Crippen MR) is 102 cm³/mol. The third-order valence-electron chi connectivity index (χ3n) is 4.95. The Bertz CT molecular complexity index is 868. The molecule has 7 heteroatoms. The van der Waals surface area contributed by atoms with Gasteiger partial charge in [0.2, 0.25) is 5.91 Å². The number of ether oxygens (including phenoxy) is 1. The van der Waals surface area contributed by atoms with Crippen molar-refractivity contribution in [2.75, 3.05) is 26.7 Å². The van der Waals surface area contributed by atoms with Crippen molar-refractivity contribution in [3.63, 3.8) is 0 Å². The highest BCUT2D eigenvalue weighted by Crippen LogP contribution is 2.32. The highest BCUT2D eigenvalue weighted by Gasteiger charge is 2.40.